The Morgan fingerprint density at radius 3 is 2.77 bits per heavy atom. The lowest BCUT2D eigenvalue weighted by Gasteiger charge is -2.26. The van der Waals surface area contributed by atoms with Crippen LogP contribution in [-0.2, 0) is 5.54 Å². The van der Waals surface area contributed by atoms with Gasteiger partial charge in [0.25, 0.3) is 5.91 Å². The molecule has 0 aliphatic carbocycles. The molecule has 0 fully saturated rings. The average Bonchev–Trinajstić information content (AvgIpc) is 3.02. The summed E-state index contributed by atoms with van der Waals surface area (Å²) in [6, 6.07) is 12.8. The molecule has 22 heavy (non-hydrogen) atoms. The molecule has 4 rings (SSSR count). The van der Waals surface area contributed by atoms with E-state index in [1.54, 1.807) is 16.9 Å². The molecule has 7 heteroatoms. The number of amides is 1. The quantitative estimate of drug-likeness (QED) is 0.725. The van der Waals surface area contributed by atoms with Gasteiger partial charge in [-0.3, -0.25) is 9.78 Å². The van der Waals surface area contributed by atoms with Crippen LogP contribution in [0, 0.1) is 0 Å². The Hall–Kier alpha value is -3.09. The Morgan fingerprint density at radius 1 is 1.14 bits per heavy atom. The minimum Gasteiger partial charge on any atom is -0.334 e. The van der Waals surface area contributed by atoms with Crippen LogP contribution >= 0.6 is 0 Å². The highest BCUT2D eigenvalue weighted by Crippen LogP contribution is 2.31. The van der Waals surface area contributed by atoms with Gasteiger partial charge < -0.3 is 5.32 Å². The maximum atomic E-state index is 12.6. The molecular weight excluding hydrogens is 280 g/mol. The lowest BCUT2D eigenvalue weighted by atomic mass is 9.96. The fraction of sp³-hybridized carbons (Fsp3) is 0.133. The number of rotatable bonds is 1. The zero-order chi connectivity index (χ0) is 15.2. The Kier molecular flexibility index (Phi) is 2.56. The number of nitrogens with zero attached hydrogens (tertiary/aromatic N) is 5. The fourth-order valence-corrected chi connectivity index (χ4v) is 2.70. The van der Waals surface area contributed by atoms with Crippen molar-refractivity contribution in [1.29, 1.82) is 0 Å². The van der Waals surface area contributed by atoms with Crippen molar-refractivity contribution < 1.29 is 4.79 Å². The third-order valence-corrected chi connectivity index (χ3v) is 3.83. The van der Waals surface area contributed by atoms with Crippen molar-refractivity contribution in [2.75, 3.05) is 0 Å². The van der Waals surface area contributed by atoms with E-state index in [1.165, 1.54) is 0 Å². The fourth-order valence-electron chi connectivity index (χ4n) is 2.70. The van der Waals surface area contributed by atoms with Gasteiger partial charge in [0.1, 0.15) is 5.54 Å². The summed E-state index contributed by atoms with van der Waals surface area (Å²) in [4.78, 5) is 17.0. The third-order valence-electron chi connectivity index (χ3n) is 3.83. The van der Waals surface area contributed by atoms with E-state index in [4.69, 9.17) is 0 Å². The number of aromatic nitrogens is 5. The molecule has 0 saturated carbocycles. The maximum absolute atomic E-state index is 12.6. The van der Waals surface area contributed by atoms with Crippen LogP contribution in [0.4, 0.5) is 0 Å². The summed E-state index contributed by atoms with van der Waals surface area (Å²) in [7, 11) is 0. The first-order valence-corrected chi connectivity index (χ1v) is 6.82. The Balaban J connectivity index is 2.01. The van der Waals surface area contributed by atoms with Gasteiger partial charge in [-0.2, -0.15) is 4.68 Å². The summed E-state index contributed by atoms with van der Waals surface area (Å²) in [5.74, 6) is 0.320. The van der Waals surface area contributed by atoms with Gasteiger partial charge in [0.15, 0.2) is 5.82 Å². The van der Waals surface area contributed by atoms with E-state index in [0.29, 0.717) is 22.8 Å². The first kappa shape index (κ1) is 12.6. The van der Waals surface area contributed by atoms with Crippen molar-refractivity contribution >= 4 is 5.91 Å². The van der Waals surface area contributed by atoms with Crippen molar-refractivity contribution in [2.24, 2.45) is 0 Å². The highest BCUT2D eigenvalue weighted by Gasteiger charge is 2.41. The summed E-state index contributed by atoms with van der Waals surface area (Å²) in [5.41, 5.74) is 0.934. The number of nitrogens with one attached hydrogen (secondary N) is 1. The number of hydrogen-bond donors (Lipinski definition) is 1. The van der Waals surface area contributed by atoms with Crippen LogP contribution in [0.25, 0.3) is 5.69 Å². The predicted molar refractivity (Wildman–Crippen MR) is 77.3 cm³/mol. The van der Waals surface area contributed by atoms with E-state index < -0.39 is 5.54 Å². The molecule has 7 nitrogen and oxygen atoms in total. The van der Waals surface area contributed by atoms with Crippen molar-refractivity contribution in [3.8, 4) is 5.69 Å². The number of para-hydroxylation sites is 1. The molecule has 1 aromatic carbocycles. The van der Waals surface area contributed by atoms with Crippen LogP contribution in [-0.4, -0.2) is 31.1 Å². The summed E-state index contributed by atoms with van der Waals surface area (Å²) < 4.78 is 1.59. The first-order chi connectivity index (χ1) is 10.7. The average molecular weight is 292 g/mol. The van der Waals surface area contributed by atoms with Crippen LogP contribution in [0.3, 0.4) is 0 Å². The Morgan fingerprint density at radius 2 is 1.95 bits per heavy atom. The number of carbonyl (C=O) groups excluding carboxylic acids is 1. The van der Waals surface area contributed by atoms with E-state index in [2.05, 4.69) is 25.8 Å². The summed E-state index contributed by atoms with van der Waals surface area (Å²) >= 11 is 0. The number of carbonyl (C=O) groups is 1. The molecule has 3 heterocycles. The van der Waals surface area contributed by atoms with Crippen molar-refractivity contribution in [1.82, 2.24) is 30.5 Å². The Labute approximate surface area is 126 Å². The molecule has 0 spiro atoms. The van der Waals surface area contributed by atoms with Gasteiger partial charge >= 0.3 is 0 Å². The van der Waals surface area contributed by atoms with Crippen LogP contribution in [0.1, 0.15) is 28.8 Å². The Bertz CT molecular complexity index is 859. The monoisotopic (exact) mass is 292 g/mol. The normalized spacial score (nSPS) is 19.8. The van der Waals surface area contributed by atoms with E-state index in [9.17, 15) is 4.79 Å². The number of fused-ring (bicyclic) bond motifs is 3. The van der Waals surface area contributed by atoms with E-state index in [0.717, 1.165) is 0 Å². The van der Waals surface area contributed by atoms with Crippen molar-refractivity contribution in [3.63, 3.8) is 0 Å². The molecule has 1 amide bonds. The topological polar surface area (TPSA) is 85.6 Å². The van der Waals surface area contributed by atoms with E-state index >= 15 is 0 Å². The number of pyridine rings is 1. The standard InChI is InChI=1S/C15H12N6O/c1-15(12-8-4-5-9-16-12)14-18-19-20-21(14)11-7-3-2-6-10(11)13(22)17-15/h2-9H,1H3,(H,17,22). The molecule has 1 unspecified atom stereocenters. The van der Waals surface area contributed by atoms with Gasteiger partial charge in [0, 0.05) is 6.20 Å². The molecule has 1 atom stereocenters. The van der Waals surface area contributed by atoms with E-state index in [1.807, 2.05) is 43.3 Å². The summed E-state index contributed by atoms with van der Waals surface area (Å²) in [6.07, 6.45) is 1.68. The maximum Gasteiger partial charge on any atom is 0.254 e. The van der Waals surface area contributed by atoms with Gasteiger partial charge in [-0.05, 0) is 41.6 Å². The molecule has 1 N–H and O–H groups in total. The second-order valence-corrected chi connectivity index (χ2v) is 5.23. The number of hydrogen-bond acceptors (Lipinski definition) is 5. The highest BCUT2D eigenvalue weighted by molar-refractivity contribution is 5.99. The third kappa shape index (κ3) is 1.65. The SMILES string of the molecule is CC1(c2ccccn2)NC(=O)c2ccccc2-n2nnnc21. The van der Waals surface area contributed by atoms with Gasteiger partial charge in [-0.15, -0.1) is 5.10 Å². The molecule has 2 aromatic heterocycles. The van der Waals surface area contributed by atoms with Crippen LogP contribution in [0.2, 0.25) is 0 Å². The lowest BCUT2D eigenvalue weighted by Crippen LogP contribution is -2.45. The van der Waals surface area contributed by atoms with Crippen molar-refractivity contribution in [2.45, 2.75) is 12.5 Å². The van der Waals surface area contributed by atoms with Gasteiger partial charge in [0.2, 0.25) is 0 Å². The number of benzene rings is 1. The second kappa shape index (κ2) is 4.45. The van der Waals surface area contributed by atoms with E-state index in [-0.39, 0.29) is 5.91 Å². The lowest BCUT2D eigenvalue weighted by molar-refractivity contribution is 0.0918. The second-order valence-electron chi connectivity index (χ2n) is 5.23. The van der Waals surface area contributed by atoms with Crippen molar-refractivity contribution in [3.05, 3.63) is 65.7 Å². The zero-order valence-corrected chi connectivity index (χ0v) is 11.8. The number of tetrazole rings is 1. The van der Waals surface area contributed by atoms with Crippen LogP contribution in [0.5, 0.6) is 0 Å². The smallest absolute Gasteiger partial charge is 0.254 e. The minimum atomic E-state index is -0.916. The summed E-state index contributed by atoms with van der Waals surface area (Å²) in [5, 5.41) is 15.0. The molecule has 1 aliphatic rings. The van der Waals surface area contributed by atoms with Crippen LogP contribution in [0.15, 0.2) is 48.7 Å². The zero-order valence-electron chi connectivity index (χ0n) is 11.8. The summed E-state index contributed by atoms with van der Waals surface area (Å²) in [6.45, 7) is 1.85. The molecule has 1 aliphatic heterocycles. The largest absolute Gasteiger partial charge is 0.334 e. The molecule has 0 radical (unpaired) electrons. The van der Waals surface area contributed by atoms with Gasteiger partial charge in [-0.25, -0.2) is 0 Å². The first-order valence-electron chi connectivity index (χ1n) is 6.82. The van der Waals surface area contributed by atoms with Gasteiger partial charge in [0.05, 0.1) is 16.9 Å². The molecule has 3 aromatic rings. The predicted octanol–water partition coefficient (Wildman–Crippen LogP) is 1.06. The molecule has 0 bridgehead atoms. The van der Waals surface area contributed by atoms with Crippen LogP contribution < -0.4 is 5.32 Å². The molecule has 0 saturated heterocycles. The molecular formula is C15H12N6O. The highest BCUT2D eigenvalue weighted by atomic mass is 16.2. The molecule has 108 valence electrons. The minimum absolute atomic E-state index is 0.198. The van der Waals surface area contributed by atoms with Gasteiger partial charge in [-0.1, -0.05) is 18.2 Å².